The lowest BCUT2D eigenvalue weighted by atomic mass is 10.1. The van der Waals surface area contributed by atoms with Gasteiger partial charge in [0.05, 0.1) is 0 Å². The van der Waals surface area contributed by atoms with Crippen molar-refractivity contribution in [1.82, 2.24) is 15.5 Å². The van der Waals surface area contributed by atoms with Gasteiger partial charge in [0.2, 0.25) is 5.91 Å². The molecule has 114 valence electrons. The molecule has 1 heterocycles. The highest BCUT2D eigenvalue weighted by atomic mass is 16.4. The van der Waals surface area contributed by atoms with Gasteiger partial charge in [0.25, 0.3) is 0 Å². The summed E-state index contributed by atoms with van der Waals surface area (Å²) in [6.07, 6.45) is 1.62. The Balaban J connectivity index is 2.66. The molecule has 0 bridgehead atoms. The van der Waals surface area contributed by atoms with Crippen LogP contribution in [0, 0.1) is 0 Å². The zero-order valence-corrected chi connectivity index (χ0v) is 12.2. The monoisotopic (exact) mass is 285 g/mol. The summed E-state index contributed by atoms with van der Waals surface area (Å²) in [6.45, 7) is 5.90. The lowest BCUT2D eigenvalue weighted by Crippen LogP contribution is -2.53. The highest BCUT2D eigenvalue weighted by Gasteiger charge is 2.35. The van der Waals surface area contributed by atoms with E-state index in [-0.39, 0.29) is 12.1 Å². The van der Waals surface area contributed by atoms with Crippen LogP contribution >= 0.6 is 0 Å². The minimum atomic E-state index is -1.06. The number of urea groups is 1. The van der Waals surface area contributed by atoms with Crippen molar-refractivity contribution < 1.29 is 19.5 Å². The Morgan fingerprint density at radius 1 is 1.30 bits per heavy atom. The molecule has 0 aromatic heterocycles. The van der Waals surface area contributed by atoms with E-state index in [1.807, 2.05) is 13.8 Å². The number of carbonyl (C=O) groups excluding carboxylic acids is 2. The van der Waals surface area contributed by atoms with Crippen LogP contribution < -0.4 is 10.6 Å². The second kappa shape index (κ2) is 7.12. The Kier molecular flexibility index (Phi) is 5.79. The molecule has 2 atom stereocenters. The number of rotatable bonds is 5. The van der Waals surface area contributed by atoms with Crippen molar-refractivity contribution in [1.29, 1.82) is 0 Å². The van der Waals surface area contributed by atoms with E-state index in [9.17, 15) is 14.4 Å². The van der Waals surface area contributed by atoms with Crippen molar-refractivity contribution >= 4 is 17.9 Å². The van der Waals surface area contributed by atoms with Crippen molar-refractivity contribution in [3.8, 4) is 0 Å². The first-order valence-electron chi connectivity index (χ1n) is 6.97. The molecule has 1 rings (SSSR count). The van der Waals surface area contributed by atoms with Gasteiger partial charge in [-0.15, -0.1) is 0 Å². The smallest absolute Gasteiger partial charge is 0.326 e. The van der Waals surface area contributed by atoms with Crippen LogP contribution in [-0.4, -0.2) is 52.6 Å². The topological polar surface area (TPSA) is 98.7 Å². The molecule has 1 fully saturated rings. The van der Waals surface area contributed by atoms with E-state index in [1.165, 1.54) is 4.90 Å². The molecule has 20 heavy (non-hydrogen) atoms. The molecule has 1 aliphatic heterocycles. The van der Waals surface area contributed by atoms with Gasteiger partial charge < -0.3 is 20.6 Å². The van der Waals surface area contributed by atoms with Crippen LogP contribution in [0.2, 0.25) is 0 Å². The largest absolute Gasteiger partial charge is 0.480 e. The van der Waals surface area contributed by atoms with Gasteiger partial charge in [0.15, 0.2) is 0 Å². The van der Waals surface area contributed by atoms with E-state index in [0.717, 1.165) is 6.42 Å². The summed E-state index contributed by atoms with van der Waals surface area (Å²) >= 11 is 0. The summed E-state index contributed by atoms with van der Waals surface area (Å²) in [7, 11) is 0. The van der Waals surface area contributed by atoms with Gasteiger partial charge in [-0.1, -0.05) is 6.92 Å². The molecule has 0 aliphatic carbocycles. The summed E-state index contributed by atoms with van der Waals surface area (Å²) in [5.41, 5.74) is 0. The fourth-order valence-electron chi connectivity index (χ4n) is 2.22. The molecule has 0 radical (unpaired) electrons. The van der Waals surface area contributed by atoms with Gasteiger partial charge in [0, 0.05) is 12.6 Å². The van der Waals surface area contributed by atoms with Crippen molar-refractivity contribution in [3.63, 3.8) is 0 Å². The number of nitrogens with zero attached hydrogens (tertiary/aromatic N) is 1. The molecule has 1 saturated heterocycles. The van der Waals surface area contributed by atoms with E-state index in [4.69, 9.17) is 5.11 Å². The Morgan fingerprint density at radius 3 is 2.45 bits per heavy atom. The number of hydrogen-bond acceptors (Lipinski definition) is 3. The average Bonchev–Trinajstić information content (AvgIpc) is 2.83. The first-order chi connectivity index (χ1) is 9.36. The number of amides is 3. The summed E-state index contributed by atoms with van der Waals surface area (Å²) < 4.78 is 0. The summed E-state index contributed by atoms with van der Waals surface area (Å²) in [5.74, 6) is -1.45. The SMILES string of the molecule is CCC(NC(=O)[C@@H]1CCCN1C(=O)NC(C)C)C(=O)O. The van der Waals surface area contributed by atoms with Gasteiger partial charge in [-0.3, -0.25) is 4.79 Å². The van der Waals surface area contributed by atoms with Crippen LogP contribution in [0.15, 0.2) is 0 Å². The minimum absolute atomic E-state index is 0.00535. The second-order valence-corrected chi connectivity index (χ2v) is 5.26. The molecule has 0 aromatic carbocycles. The number of aliphatic carboxylic acids is 1. The van der Waals surface area contributed by atoms with Crippen LogP contribution in [0.3, 0.4) is 0 Å². The quantitative estimate of drug-likeness (QED) is 0.687. The zero-order valence-electron chi connectivity index (χ0n) is 12.2. The number of nitrogens with one attached hydrogen (secondary N) is 2. The Bertz CT molecular complexity index is 384. The molecule has 7 nitrogen and oxygen atoms in total. The molecule has 3 amide bonds. The van der Waals surface area contributed by atoms with Gasteiger partial charge in [-0.25, -0.2) is 9.59 Å². The average molecular weight is 285 g/mol. The van der Waals surface area contributed by atoms with Crippen LogP contribution in [0.5, 0.6) is 0 Å². The van der Waals surface area contributed by atoms with E-state index in [1.54, 1.807) is 6.92 Å². The van der Waals surface area contributed by atoms with Gasteiger partial charge in [0.1, 0.15) is 12.1 Å². The van der Waals surface area contributed by atoms with E-state index in [0.29, 0.717) is 19.4 Å². The lowest BCUT2D eigenvalue weighted by molar-refractivity contribution is -0.142. The number of likely N-dealkylation sites (tertiary alicyclic amines) is 1. The van der Waals surface area contributed by atoms with Gasteiger partial charge in [-0.05, 0) is 33.1 Å². The van der Waals surface area contributed by atoms with Crippen LogP contribution in [0.25, 0.3) is 0 Å². The maximum absolute atomic E-state index is 12.1. The molecule has 1 unspecified atom stereocenters. The maximum Gasteiger partial charge on any atom is 0.326 e. The van der Waals surface area contributed by atoms with Gasteiger partial charge >= 0.3 is 12.0 Å². The molecular weight excluding hydrogens is 262 g/mol. The minimum Gasteiger partial charge on any atom is -0.480 e. The van der Waals surface area contributed by atoms with Crippen LogP contribution in [0.4, 0.5) is 4.79 Å². The van der Waals surface area contributed by atoms with E-state index in [2.05, 4.69) is 10.6 Å². The molecule has 7 heteroatoms. The van der Waals surface area contributed by atoms with Crippen LogP contribution in [0.1, 0.15) is 40.0 Å². The molecule has 1 aliphatic rings. The summed E-state index contributed by atoms with van der Waals surface area (Å²) in [4.78, 5) is 36.5. The number of carbonyl (C=O) groups is 3. The zero-order chi connectivity index (χ0) is 15.3. The molecule has 0 spiro atoms. The molecule has 0 saturated carbocycles. The number of carboxylic acids is 1. The Labute approximate surface area is 118 Å². The number of hydrogen-bond donors (Lipinski definition) is 3. The Morgan fingerprint density at radius 2 is 1.95 bits per heavy atom. The highest BCUT2D eigenvalue weighted by molar-refractivity contribution is 5.90. The van der Waals surface area contributed by atoms with Crippen molar-refractivity contribution in [2.45, 2.75) is 58.2 Å². The third kappa shape index (κ3) is 4.11. The molecule has 0 aromatic rings. The summed E-state index contributed by atoms with van der Waals surface area (Å²) in [5, 5.41) is 14.2. The van der Waals surface area contributed by atoms with Gasteiger partial charge in [-0.2, -0.15) is 0 Å². The number of carboxylic acid groups (broad SMARTS) is 1. The summed E-state index contributed by atoms with van der Waals surface area (Å²) in [6, 6.07) is -1.77. The van der Waals surface area contributed by atoms with E-state index < -0.39 is 24.0 Å². The lowest BCUT2D eigenvalue weighted by Gasteiger charge is -2.26. The maximum atomic E-state index is 12.1. The normalized spacial score (nSPS) is 19.8. The first-order valence-corrected chi connectivity index (χ1v) is 6.97. The molecular formula is C13H23N3O4. The predicted molar refractivity (Wildman–Crippen MR) is 73.3 cm³/mol. The van der Waals surface area contributed by atoms with Crippen molar-refractivity contribution in [3.05, 3.63) is 0 Å². The third-order valence-corrected chi connectivity index (χ3v) is 3.25. The predicted octanol–water partition coefficient (Wildman–Crippen LogP) is 0.548. The first kappa shape index (κ1) is 16.3. The highest BCUT2D eigenvalue weighted by Crippen LogP contribution is 2.18. The van der Waals surface area contributed by atoms with Crippen LogP contribution in [-0.2, 0) is 9.59 Å². The second-order valence-electron chi connectivity index (χ2n) is 5.26. The standard InChI is InChI=1S/C13H23N3O4/c1-4-9(12(18)19)15-11(17)10-6-5-7-16(10)13(20)14-8(2)3/h8-10H,4-7H2,1-3H3,(H,14,20)(H,15,17)(H,18,19)/t9?,10-/m0/s1. The molecule has 3 N–H and O–H groups in total. The fourth-order valence-corrected chi connectivity index (χ4v) is 2.22. The van der Waals surface area contributed by atoms with Crippen molar-refractivity contribution in [2.75, 3.05) is 6.54 Å². The Hall–Kier alpha value is -1.79. The fraction of sp³-hybridized carbons (Fsp3) is 0.769. The third-order valence-electron chi connectivity index (χ3n) is 3.25. The van der Waals surface area contributed by atoms with E-state index >= 15 is 0 Å². The van der Waals surface area contributed by atoms with Crippen molar-refractivity contribution in [2.24, 2.45) is 0 Å².